The highest BCUT2D eigenvalue weighted by atomic mass is 35.5. The topological polar surface area (TPSA) is 83.8 Å². The monoisotopic (exact) mass is 512 g/mol. The minimum Gasteiger partial charge on any atom is -0.507 e. The summed E-state index contributed by atoms with van der Waals surface area (Å²) in [5.74, 6) is -2.00. The second-order valence-electron chi connectivity index (χ2n) is 9.90. The summed E-state index contributed by atoms with van der Waals surface area (Å²) in [5.41, 5.74) is -1.40. The molecule has 5 nitrogen and oxygen atoms in total. The molecular formula is C25H27Cl3O5. The van der Waals surface area contributed by atoms with Gasteiger partial charge in [-0.3, -0.25) is 9.59 Å². The maximum absolute atomic E-state index is 14.0. The van der Waals surface area contributed by atoms with Crippen LogP contribution in [0.1, 0.15) is 72.7 Å². The number of carbonyl (C=O) groups is 2. The number of phenols is 2. The van der Waals surface area contributed by atoms with Crippen molar-refractivity contribution < 1.29 is 24.5 Å². The Bertz CT molecular complexity index is 1110. The van der Waals surface area contributed by atoms with Gasteiger partial charge in [0.1, 0.15) is 16.4 Å². The molecule has 4 atom stereocenters. The Morgan fingerprint density at radius 2 is 1.85 bits per heavy atom. The van der Waals surface area contributed by atoms with Crippen LogP contribution >= 0.6 is 34.8 Å². The van der Waals surface area contributed by atoms with Crippen LogP contribution in [0.3, 0.4) is 0 Å². The number of aromatic hydroxyl groups is 2. The third-order valence-corrected chi connectivity index (χ3v) is 9.09. The normalized spacial score (nSPS) is 35.7. The fraction of sp³-hybridized carbons (Fsp3) is 0.520. The molecule has 0 amide bonds. The van der Waals surface area contributed by atoms with Gasteiger partial charge in [-0.2, -0.15) is 0 Å². The standard InChI is InChI=1S/C25H27Cl3O5/c1-12-5-6-16(26)13(2)9-14-17(29)10-15-19(20(14)30)22(32)24(28)11-18(27)23(3,4)33-25(24,8-7-12)21(15)31/h7,10,16,18,29-30H,2,5-6,8-9,11H2,1,3-4H3/b12-7+/t16?,18-,24+,25+/m1/s1. The average Bonchev–Trinajstić information content (AvgIpc) is 2.73. The molecule has 0 aromatic heterocycles. The highest BCUT2D eigenvalue weighted by Crippen LogP contribution is 2.57. The second-order valence-corrected chi connectivity index (χ2v) is 11.6. The summed E-state index contributed by atoms with van der Waals surface area (Å²) in [7, 11) is 0. The van der Waals surface area contributed by atoms with E-state index in [1.165, 1.54) is 6.07 Å². The van der Waals surface area contributed by atoms with Crippen molar-refractivity contribution in [1.82, 2.24) is 0 Å². The van der Waals surface area contributed by atoms with Gasteiger partial charge >= 0.3 is 0 Å². The molecule has 1 saturated heterocycles. The molecule has 1 aromatic rings. The Morgan fingerprint density at radius 3 is 2.52 bits per heavy atom. The van der Waals surface area contributed by atoms with E-state index in [1.54, 1.807) is 13.8 Å². The van der Waals surface area contributed by atoms with E-state index in [4.69, 9.17) is 39.5 Å². The van der Waals surface area contributed by atoms with Crippen LogP contribution < -0.4 is 0 Å². The Balaban J connectivity index is 2.05. The lowest BCUT2D eigenvalue weighted by atomic mass is 9.63. The summed E-state index contributed by atoms with van der Waals surface area (Å²) in [6.07, 6.45) is 3.12. The third-order valence-electron chi connectivity index (χ3n) is 7.25. The molecule has 4 bridgehead atoms. The zero-order chi connectivity index (χ0) is 24.5. The molecule has 0 saturated carbocycles. The van der Waals surface area contributed by atoms with Crippen molar-refractivity contribution >= 4 is 46.4 Å². The predicted octanol–water partition coefficient (Wildman–Crippen LogP) is 5.84. The van der Waals surface area contributed by atoms with Gasteiger partial charge < -0.3 is 14.9 Å². The van der Waals surface area contributed by atoms with Gasteiger partial charge in [0.05, 0.1) is 21.9 Å². The van der Waals surface area contributed by atoms with Crippen LogP contribution in [-0.2, 0) is 11.2 Å². The summed E-state index contributed by atoms with van der Waals surface area (Å²) < 4.78 is 6.35. The maximum Gasteiger partial charge on any atom is 0.198 e. The van der Waals surface area contributed by atoms with Crippen molar-refractivity contribution in [3.63, 3.8) is 0 Å². The molecule has 2 N–H and O–H groups in total. The molecule has 1 fully saturated rings. The number of hydrogen-bond acceptors (Lipinski definition) is 5. The number of ether oxygens (including phenoxy) is 1. The van der Waals surface area contributed by atoms with Crippen molar-refractivity contribution in [1.29, 1.82) is 0 Å². The van der Waals surface area contributed by atoms with E-state index >= 15 is 0 Å². The second kappa shape index (κ2) is 8.01. The third kappa shape index (κ3) is 3.54. The Hall–Kier alpha value is -1.53. The molecule has 5 aliphatic rings. The highest BCUT2D eigenvalue weighted by molar-refractivity contribution is 6.45. The first-order valence-corrected chi connectivity index (χ1v) is 12.2. The molecule has 4 aliphatic carbocycles. The number of alkyl halides is 3. The Kier molecular flexibility index (Phi) is 5.97. The molecule has 178 valence electrons. The lowest BCUT2D eigenvalue weighted by Gasteiger charge is -2.56. The van der Waals surface area contributed by atoms with E-state index in [9.17, 15) is 19.8 Å². The molecule has 1 heterocycles. The molecule has 6 rings (SSSR count). The van der Waals surface area contributed by atoms with Gasteiger partial charge in [-0.05, 0) is 46.1 Å². The average molecular weight is 514 g/mol. The molecule has 8 heteroatoms. The van der Waals surface area contributed by atoms with Crippen molar-refractivity contribution in [3.8, 4) is 11.5 Å². The highest BCUT2D eigenvalue weighted by Gasteiger charge is 2.70. The summed E-state index contributed by atoms with van der Waals surface area (Å²) >= 11 is 20.1. The van der Waals surface area contributed by atoms with Gasteiger partial charge in [0.15, 0.2) is 17.2 Å². The number of ketones is 2. The van der Waals surface area contributed by atoms with Gasteiger partial charge in [-0.15, -0.1) is 34.8 Å². The van der Waals surface area contributed by atoms with E-state index in [1.807, 2.05) is 13.0 Å². The number of Topliss-reactive ketones (excluding diaryl/α,β-unsaturated/α-hetero) is 2. The molecule has 1 spiro atoms. The number of hydrogen-bond donors (Lipinski definition) is 2. The zero-order valence-corrected chi connectivity index (χ0v) is 21.1. The van der Waals surface area contributed by atoms with Crippen LogP contribution in [0.25, 0.3) is 0 Å². The minimum absolute atomic E-state index is 0.0217. The SMILES string of the molecule is C=C1Cc2c(O)cc3c(c2O)C(=O)[C@@]2(Cl)C[C@@H](Cl)C(C)(C)O[C@@]2(C/C=C(\C)CCC1Cl)C3=O. The van der Waals surface area contributed by atoms with Gasteiger partial charge in [0, 0.05) is 24.0 Å². The van der Waals surface area contributed by atoms with Gasteiger partial charge in [-0.1, -0.05) is 23.8 Å². The minimum atomic E-state index is -1.82. The zero-order valence-electron chi connectivity index (χ0n) is 18.8. The fourth-order valence-electron chi connectivity index (χ4n) is 5.06. The molecule has 1 aliphatic heterocycles. The van der Waals surface area contributed by atoms with Crippen LogP contribution in [0, 0.1) is 0 Å². The summed E-state index contributed by atoms with van der Waals surface area (Å²) in [6.45, 7) is 9.45. The van der Waals surface area contributed by atoms with Gasteiger partial charge in [0.25, 0.3) is 0 Å². The number of rotatable bonds is 0. The fourth-order valence-corrected chi connectivity index (χ4v) is 6.05. The lowest BCUT2D eigenvalue weighted by Crippen LogP contribution is -2.72. The van der Waals surface area contributed by atoms with Gasteiger partial charge in [-0.25, -0.2) is 0 Å². The van der Waals surface area contributed by atoms with E-state index < -0.39 is 44.1 Å². The number of allylic oxidation sites excluding steroid dienone is 2. The molecular weight excluding hydrogens is 487 g/mol. The first-order valence-electron chi connectivity index (χ1n) is 10.9. The first kappa shape index (κ1) is 24.6. The first-order chi connectivity index (χ1) is 15.2. The number of fused-ring (bicyclic) bond motifs is 1. The molecule has 1 unspecified atom stereocenters. The Morgan fingerprint density at radius 1 is 1.18 bits per heavy atom. The predicted molar refractivity (Wildman–Crippen MR) is 129 cm³/mol. The van der Waals surface area contributed by atoms with E-state index in [2.05, 4.69) is 6.58 Å². The maximum atomic E-state index is 14.0. The summed E-state index contributed by atoms with van der Waals surface area (Å²) in [6, 6.07) is 1.21. The van der Waals surface area contributed by atoms with Crippen LogP contribution in [0.2, 0.25) is 0 Å². The quantitative estimate of drug-likeness (QED) is 0.336. The molecule has 1 aromatic carbocycles. The van der Waals surface area contributed by atoms with E-state index in [0.717, 1.165) is 5.57 Å². The van der Waals surface area contributed by atoms with E-state index in [0.29, 0.717) is 18.4 Å². The van der Waals surface area contributed by atoms with Crippen LogP contribution in [0.15, 0.2) is 29.9 Å². The lowest BCUT2D eigenvalue weighted by molar-refractivity contribution is -0.157. The van der Waals surface area contributed by atoms with Gasteiger partial charge in [0.2, 0.25) is 0 Å². The number of carbonyl (C=O) groups excluding carboxylic acids is 2. The van der Waals surface area contributed by atoms with E-state index in [-0.39, 0.29) is 41.7 Å². The number of phenolic OH excluding ortho intramolecular Hbond substituents is 2. The van der Waals surface area contributed by atoms with Crippen LogP contribution in [0.5, 0.6) is 11.5 Å². The van der Waals surface area contributed by atoms with Crippen molar-refractivity contribution in [2.24, 2.45) is 0 Å². The van der Waals surface area contributed by atoms with Crippen LogP contribution in [-0.4, -0.2) is 48.6 Å². The largest absolute Gasteiger partial charge is 0.507 e. The Labute approximate surface area is 208 Å². The van der Waals surface area contributed by atoms with Crippen LogP contribution in [0.4, 0.5) is 0 Å². The van der Waals surface area contributed by atoms with Crippen molar-refractivity contribution in [3.05, 3.63) is 46.6 Å². The summed E-state index contributed by atoms with van der Waals surface area (Å²) in [4.78, 5) is 26.1. The number of halogens is 3. The summed E-state index contributed by atoms with van der Waals surface area (Å²) in [5, 5.41) is 20.8. The number of benzene rings is 1. The van der Waals surface area contributed by atoms with Crippen molar-refractivity contribution in [2.75, 3.05) is 0 Å². The smallest absolute Gasteiger partial charge is 0.198 e. The van der Waals surface area contributed by atoms with Crippen molar-refractivity contribution in [2.45, 2.75) is 79.7 Å². The molecule has 0 radical (unpaired) electrons. The molecule has 33 heavy (non-hydrogen) atoms.